The summed E-state index contributed by atoms with van der Waals surface area (Å²) < 4.78 is 14.9. The lowest BCUT2D eigenvalue weighted by Gasteiger charge is -2.11. The number of carbonyl (C=O) groups excluding carboxylic acids is 1. The third-order valence-corrected chi connectivity index (χ3v) is 6.85. The second-order valence-electron chi connectivity index (χ2n) is 8.10. The number of furan rings is 1. The lowest BCUT2D eigenvalue weighted by molar-refractivity contribution is 0.0951. The Balaban J connectivity index is 1.36. The van der Waals surface area contributed by atoms with Crippen LogP contribution in [0.2, 0.25) is 0 Å². The Labute approximate surface area is 211 Å². The van der Waals surface area contributed by atoms with Crippen molar-refractivity contribution in [2.45, 2.75) is 12.1 Å². The summed E-state index contributed by atoms with van der Waals surface area (Å²) in [4.78, 5) is 13.6. The van der Waals surface area contributed by atoms with Crippen molar-refractivity contribution in [2.24, 2.45) is 0 Å². The number of thioether (sulfide) groups is 1. The van der Waals surface area contributed by atoms with E-state index in [4.69, 9.17) is 9.15 Å². The highest BCUT2D eigenvalue weighted by Crippen LogP contribution is 2.32. The van der Waals surface area contributed by atoms with E-state index in [-0.39, 0.29) is 11.7 Å². The fourth-order valence-corrected chi connectivity index (χ4v) is 5.20. The zero-order valence-corrected chi connectivity index (χ0v) is 20.3. The Morgan fingerprint density at radius 1 is 0.889 bits per heavy atom. The molecule has 0 fully saturated rings. The van der Waals surface area contributed by atoms with Gasteiger partial charge in [0.25, 0.3) is 0 Å². The van der Waals surface area contributed by atoms with E-state index in [9.17, 15) is 4.79 Å². The minimum absolute atomic E-state index is 0.0295. The number of fused-ring (bicyclic) bond motifs is 3. The SMILES string of the molecule is CCOc1ccc(-n2c(SCC(=O)n3c4ccccc4c4ccccc43)nnc2-c2ccco2)cc1. The van der Waals surface area contributed by atoms with E-state index in [0.717, 1.165) is 33.2 Å². The van der Waals surface area contributed by atoms with Gasteiger partial charge in [-0.25, -0.2) is 0 Å². The van der Waals surface area contributed by atoms with Crippen LogP contribution in [0, 0.1) is 0 Å². The molecule has 0 bridgehead atoms. The number of ether oxygens (including phenoxy) is 1. The summed E-state index contributed by atoms with van der Waals surface area (Å²) >= 11 is 1.34. The third-order valence-electron chi connectivity index (χ3n) is 5.94. The first-order chi connectivity index (χ1) is 17.7. The summed E-state index contributed by atoms with van der Waals surface area (Å²) in [5.41, 5.74) is 2.64. The molecule has 3 aromatic heterocycles. The molecule has 8 heteroatoms. The van der Waals surface area contributed by atoms with Crippen LogP contribution >= 0.6 is 11.8 Å². The van der Waals surface area contributed by atoms with Crippen molar-refractivity contribution in [1.82, 2.24) is 19.3 Å². The summed E-state index contributed by atoms with van der Waals surface area (Å²) in [6.07, 6.45) is 1.60. The van der Waals surface area contributed by atoms with Gasteiger partial charge in [-0.15, -0.1) is 10.2 Å². The maximum atomic E-state index is 13.6. The number of benzene rings is 3. The van der Waals surface area contributed by atoms with Crippen LogP contribution in [-0.2, 0) is 0 Å². The molecule has 0 amide bonds. The standard InChI is InChI=1S/C28H22N4O3S/c1-2-34-20-15-13-19(14-16-20)31-27(25-12-7-17-35-25)29-30-28(31)36-18-26(33)32-23-10-5-3-8-21(23)22-9-4-6-11-24(22)32/h3-17H,2,18H2,1H3. The molecule has 0 saturated carbocycles. The van der Waals surface area contributed by atoms with Crippen LogP contribution < -0.4 is 4.74 Å². The lowest BCUT2D eigenvalue weighted by atomic mass is 10.2. The van der Waals surface area contributed by atoms with Crippen LogP contribution in [-0.4, -0.2) is 37.6 Å². The van der Waals surface area contributed by atoms with Crippen molar-refractivity contribution >= 4 is 39.5 Å². The molecule has 0 saturated heterocycles. The molecule has 6 rings (SSSR count). The van der Waals surface area contributed by atoms with Crippen LogP contribution in [0.5, 0.6) is 5.75 Å². The van der Waals surface area contributed by atoms with Gasteiger partial charge in [-0.3, -0.25) is 13.9 Å². The monoisotopic (exact) mass is 494 g/mol. The Kier molecular flexibility index (Phi) is 5.79. The van der Waals surface area contributed by atoms with Gasteiger partial charge in [-0.05, 0) is 55.5 Å². The van der Waals surface area contributed by atoms with Crippen LogP contribution in [0.3, 0.4) is 0 Å². The maximum absolute atomic E-state index is 13.6. The van der Waals surface area contributed by atoms with Crippen LogP contribution in [0.15, 0.2) is 101 Å². The fraction of sp³-hybridized carbons (Fsp3) is 0.107. The van der Waals surface area contributed by atoms with Crippen molar-refractivity contribution in [3.05, 3.63) is 91.2 Å². The predicted octanol–water partition coefficient (Wildman–Crippen LogP) is 6.47. The van der Waals surface area contributed by atoms with Gasteiger partial charge in [-0.2, -0.15) is 0 Å². The van der Waals surface area contributed by atoms with Crippen molar-refractivity contribution in [1.29, 1.82) is 0 Å². The van der Waals surface area contributed by atoms with E-state index >= 15 is 0 Å². The molecule has 0 spiro atoms. The number of hydrogen-bond acceptors (Lipinski definition) is 6. The van der Waals surface area contributed by atoms with Crippen molar-refractivity contribution < 1.29 is 13.9 Å². The fourth-order valence-electron chi connectivity index (χ4n) is 4.40. The van der Waals surface area contributed by atoms with Gasteiger partial charge in [0.1, 0.15) is 5.75 Å². The van der Waals surface area contributed by atoms with Crippen LogP contribution in [0.4, 0.5) is 0 Å². The number of carbonyl (C=O) groups is 1. The quantitative estimate of drug-likeness (QED) is 0.237. The maximum Gasteiger partial charge on any atom is 0.242 e. The Morgan fingerprint density at radius 3 is 2.22 bits per heavy atom. The molecule has 0 unspecified atom stereocenters. The third kappa shape index (κ3) is 3.85. The summed E-state index contributed by atoms with van der Waals surface area (Å²) in [6.45, 7) is 2.54. The number of hydrogen-bond donors (Lipinski definition) is 0. The summed E-state index contributed by atoms with van der Waals surface area (Å²) in [6, 6.07) is 27.3. The summed E-state index contributed by atoms with van der Waals surface area (Å²) in [5, 5.41) is 11.5. The minimum Gasteiger partial charge on any atom is -0.494 e. The second kappa shape index (κ2) is 9.39. The topological polar surface area (TPSA) is 75.1 Å². The van der Waals surface area contributed by atoms with E-state index in [1.54, 1.807) is 10.8 Å². The first kappa shape index (κ1) is 22.2. The van der Waals surface area contributed by atoms with E-state index in [1.807, 2.05) is 96.4 Å². The number of rotatable bonds is 7. The van der Waals surface area contributed by atoms with Crippen LogP contribution in [0.1, 0.15) is 11.7 Å². The van der Waals surface area contributed by atoms with Gasteiger partial charge in [0, 0.05) is 10.8 Å². The molecule has 36 heavy (non-hydrogen) atoms. The lowest BCUT2D eigenvalue weighted by Crippen LogP contribution is -2.13. The predicted molar refractivity (Wildman–Crippen MR) is 141 cm³/mol. The number of para-hydroxylation sites is 2. The molecule has 0 aliphatic heterocycles. The largest absolute Gasteiger partial charge is 0.494 e. The van der Waals surface area contributed by atoms with E-state index < -0.39 is 0 Å². The van der Waals surface area contributed by atoms with Crippen molar-refractivity contribution in [3.8, 4) is 23.0 Å². The molecule has 0 radical (unpaired) electrons. The zero-order valence-electron chi connectivity index (χ0n) is 19.5. The molecular formula is C28H22N4O3S. The highest BCUT2D eigenvalue weighted by atomic mass is 32.2. The Hall–Kier alpha value is -4.30. The molecule has 6 aromatic rings. The molecule has 3 heterocycles. The Bertz CT molecular complexity index is 1610. The molecule has 178 valence electrons. The molecular weight excluding hydrogens is 472 g/mol. The molecule has 3 aromatic carbocycles. The van der Waals surface area contributed by atoms with Gasteiger partial charge in [-0.1, -0.05) is 48.2 Å². The molecule has 0 aliphatic carbocycles. The number of aromatic nitrogens is 4. The van der Waals surface area contributed by atoms with Gasteiger partial charge >= 0.3 is 0 Å². The van der Waals surface area contributed by atoms with Gasteiger partial charge in [0.15, 0.2) is 10.9 Å². The average molecular weight is 495 g/mol. The second-order valence-corrected chi connectivity index (χ2v) is 9.04. The van der Waals surface area contributed by atoms with Gasteiger partial charge in [0.05, 0.1) is 35.3 Å². The first-order valence-corrected chi connectivity index (χ1v) is 12.6. The smallest absolute Gasteiger partial charge is 0.242 e. The summed E-state index contributed by atoms with van der Waals surface area (Å²) in [7, 11) is 0. The van der Waals surface area contributed by atoms with E-state index in [1.165, 1.54) is 11.8 Å². The van der Waals surface area contributed by atoms with E-state index in [0.29, 0.717) is 23.3 Å². The highest BCUT2D eigenvalue weighted by Gasteiger charge is 2.21. The van der Waals surface area contributed by atoms with Crippen molar-refractivity contribution in [2.75, 3.05) is 12.4 Å². The molecule has 7 nitrogen and oxygen atoms in total. The first-order valence-electron chi connectivity index (χ1n) is 11.6. The minimum atomic E-state index is -0.0295. The van der Waals surface area contributed by atoms with Gasteiger partial charge < -0.3 is 9.15 Å². The number of nitrogens with zero attached hydrogens (tertiary/aromatic N) is 4. The van der Waals surface area contributed by atoms with E-state index in [2.05, 4.69) is 10.2 Å². The van der Waals surface area contributed by atoms with Crippen molar-refractivity contribution in [3.63, 3.8) is 0 Å². The molecule has 0 atom stereocenters. The molecule has 0 N–H and O–H groups in total. The average Bonchev–Trinajstić information content (AvgIpc) is 3.65. The summed E-state index contributed by atoms with van der Waals surface area (Å²) in [5.74, 6) is 2.10. The molecule has 0 aliphatic rings. The van der Waals surface area contributed by atoms with Crippen LogP contribution in [0.25, 0.3) is 39.1 Å². The highest BCUT2D eigenvalue weighted by molar-refractivity contribution is 7.99. The zero-order chi connectivity index (χ0) is 24.5. The Morgan fingerprint density at radius 2 is 1.58 bits per heavy atom. The van der Waals surface area contributed by atoms with Gasteiger partial charge in [0.2, 0.25) is 11.7 Å². The normalized spacial score (nSPS) is 11.4.